The number of benzene rings is 1. The van der Waals surface area contributed by atoms with Gasteiger partial charge in [0.1, 0.15) is 5.75 Å². The summed E-state index contributed by atoms with van der Waals surface area (Å²) in [7, 11) is 5.96. The van der Waals surface area contributed by atoms with Crippen molar-refractivity contribution < 1.29 is 4.74 Å². The lowest BCUT2D eigenvalue weighted by Gasteiger charge is -2.41. The van der Waals surface area contributed by atoms with Crippen molar-refractivity contribution in [3.8, 4) is 5.75 Å². The Morgan fingerprint density at radius 3 is 2.76 bits per heavy atom. The van der Waals surface area contributed by atoms with Crippen LogP contribution in [0.4, 0.5) is 11.4 Å². The number of nitrogens with two attached hydrogens (primary N) is 1. The monoisotopic (exact) mass is 235 g/mol. The van der Waals surface area contributed by atoms with Crippen LogP contribution in [-0.4, -0.2) is 40.3 Å². The SMILES string of the molecule is COc1ccc2c(c1)N(C)C(CCN)CN2C. The van der Waals surface area contributed by atoms with Gasteiger partial charge in [0.25, 0.3) is 0 Å². The van der Waals surface area contributed by atoms with Crippen molar-refractivity contribution in [1.82, 2.24) is 0 Å². The number of likely N-dealkylation sites (N-methyl/N-ethyl adjacent to an activating group) is 2. The van der Waals surface area contributed by atoms with Gasteiger partial charge in [-0.2, -0.15) is 0 Å². The van der Waals surface area contributed by atoms with Crippen molar-refractivity contribution in [2.45, 2.75) is 12.5 Å². The van der Waals surface area contributed by atoms with Crippen molar-refractivity contribution >= 4 is 11.4 Å². The number of fused-ring (bicyclic) bond motifs is 1. The molecule has 1 aliphatic rings. The minimum Gasteiger partial charge on any atom is -0.497 e. The van der Waals surface area contributed by atoms with Crippen molar-refractivity contribution in [1.29, 1.82) is 0 Å². The first-order valence-electron chi connectivity index (χ1n) is 5.99. The van der Waals surface area contributed by atoms with Gasteiger partial charge >= 0.3 is 0 Å². The molecule has 2 rings (SSSR count). The molecule has 0 radical (unpaired) electrons. The number of rotatable bonds is 3. The zero-order chi connectivity index (χ0) is 12.4. The normalized spacial score (nSPS) is 19.2. The molecule has 1 aromatic carbocycles. The Morgan fingerprint density at radius 1 is 1.35 bits per heavy atom. The lowest BCUT2D eigenvalue weighted by Crippen LogP contribution is -2.46. The molecule has 4 nitrogen and oxygen atoms in total. The molecule has 2 N–H and O–H groups in total. The third kappa shape index (κ3) is 2.17. The van der Waals surface area contributed by atoms with Crippen molar-refractivity contribution in [2.24, 2.45) is 5.73 Å². The van der Waals surface area contributed by atoms with Gasteiger partial charge in [-0.15, -0.1) is 0 Å². The van der Waals surface area contributed by atoms with E-state index in [4.69, 9.17) is 10.5 Å². The maximum atomic E-state index is 5.67. The molecule has 1 atom stereocenters. The summed E-state index contributed by atoms with van der Waals surface area (Å²) in [6.45, 7) is 1.75. The topological polar surface area (TPSA) is 41.7 Å². The van der Waals surface area contributed by atoms with Crippen LogP contribution in [0.5, 0.6) is 5.75 Å². The fourth-order valence-corrected chi connectivity index (χ4v) is 2.45. The second kappa shape index (κ2) is 4.84. The molecular weight excluding hydrogens is 214 g/mol. The fraction of sp³-hybridized carbons (Fsp3) is 0.538. The highest BCUT2D eigenvalue weighted by Gasteiger charge is 2.26. The van der Waals surface area contributed by atoms with Crippen LogP contribution in [-0.2, 0) is 0 Å². The van der Waals surface area contributed by atoms with Crippen molar-refractivity contribution in [3.05, 3.63) is 18.2 Å². The van der Waals surface area contributed by atoms with Gasteiger partial charge < -0.3 is 20.3 Å². The first-order chi connectivity index (χ1) is 8.17. The highest BCUT2D eigenvalue weighted by atomic mass is 16.5. The van der Waals surface area contributed by atoms with Crippen LogP contribution < -0.4 is 20.3 Å². The van der Waals surface area contributed by atoms with Gasteiger partial charge in [0.2, 0.25) is 0 Å². The molecule has 0 saturated heterocycles. The molecule has 94 valence electrons. The number of methoxy groups -OCH3 is 1. The highest BCUT2D eigenvalue weighted by Crippen LogP contribution is 2.36. The average molecular weight is 235 g/mol. The summed E-state index contributed by atoms with van der Waals surface area (Å²) in [5.41, 5.74) is 8.14. The largest absolute Gasteiger partial charge is 0.497 e. The van der Waals surface area contributed by atoms with E-state index in [1.54, 1.807) is 7.11 Å². The smallest absolute Gasteiger partial charge is 0.121 e. The molecule has 0 aliphatic carbocycles. The number of ether oxygens (including phenoxy) is 1. The molecule has 0 saturated carbocycles. The van der Waals surface area contributed by atoms with Gasteiger partial charge in [-0.25, -0.2) is 0 Å². The Labute approximate surface area is 103 Å². The van der Waals surface area contributed by atoms with Gasteiger partial charge in [0, 0.05) is 32.7 Å². The Balaban J connectivity index is 2.35. The molecule has 17 heavy (non-hydrogen) atoms. The van der Waals surface area contributed by atoms with Crippen LogP contribution >= 0.6 is 0 Å². The van der Waals surface area contributed by atoms with Crippen LogP contribution in [0.15, 0.2) is 18.2 Å². The quantitative estimate of drug-likeness (QED) is 0.857. The first-order valence-corrected chi connectivity index (χ1v) is 5.99. The standard InChI is InChI=1S/C13H21N3O/c1-15-9-10(6-7-14)16(2)13-8-11(17-3)4-5-12(13)15/h4-5,8,10H,6-7,9,14H2,1-3H3. The van der Waals surface area contributed by atoms with E-state index in [9.17, 15) is 0 Å². The molecular formula is C13H21N3O. The Morgan fingerprint density at radius 2 is 2.12 bits per heavy atom. The summed E-state index contributed by atoms with van der Waals surface area (Å²) in [5, 5.41) is 0. The fourth-order valence-electron chi connectivity index (χ4n) is 2.45. The maximum Gasteiger partial charge on any atom is 0.121 e. The minimum absolute atomic E-state index is 0.476. The average Bonchev–Trinajstić information content (AvgIpc) is 2.35. The molecule has 1 heterocycles. The third-order valence-electron chi connectivity index (χ3n) is 3.51. The van der Waals surface area contributed by atoms with Crippen LogP contribution in [0.3, 0.4) is 0 Å². The summed E-state index contributed by atoms with van der Waals surface area (Å²) in [5.74, 6) is 0.900. The molecule has 1 aliphatic heterocycles. The van der Waals surface area contributed by atoms with Gasteiger partial charge in [0.15, 0.2) is 0 Å². The second-order valence-electron chi connectivity index (χ2n) is 4.58. The molecule has 1 unspecified atom stereocenters. The Bertz CT molecular complexity index is 394. The number of hydrogen-bond donors (Lipinski definition) is 1. The zero-order valence-electron chi connectivity index (χ0n) is 10.8. The minimum atomic E-state index is 0.476. The van der Waals surface area contributed by atoms with Crippen LogP contribution in [0.25, 0.3) is 0 Å². The van der Waals surface area contributed by atoms with Gasteiger partial charge in [-0.3, -0.25) is 0 Å². The lowest BCUT2D eigenvalue weighted by atomic mass is 10.1. The van der Waals surface area contributed by atoms with E-state index >= 15 is 0 Å². The van der Waals surface area contributed by atoms with E-state index in [0.29, 0.717) is 6.04 Å². The van der Waals surface area contributed by atoms with Crippen LogP contribution in [0, 0.1) is 0 Å². The zero-order valence-corrected chi connectivity index (χ0v) is 10.8. The van der Waals surface area contributed by atoms with Gasteiger partial charge in [0.05, 0.1) is 18.5 Å². The van der Waals surface area contributed by atoms with E-state index in [1.165, 1.54) is 11.4 Å². The Kier molecular flexibility index (Phi) is 3.43. The van der Waals surface area contributed by atoms with Crippen molar-refractivity contribution in [2.75, 3.05) is 44.1 Å². The second-order valence-corrected chi connectivity index (χ2v) is 4.58. The maximum absolute atomic E-state index is 5.67. The number of hydrogen-bond acceptors (Lipinski definition) is 4. The number of anilines is 2. The first kappa shape index (κ1) is 12.0. The number of nitrogens with zero attached hydrogens (tertiary/aromatic N) is 2. The molecule has 0 amide bonds. The van der Waals surface area contributed by atoms with Gasteiger partial charge in [-0.1, -0.05) is 0 Å². The predicted molar refractivity (Wildman–Crippen MR) is 72.1 cm³/mol. The third-order valence-corrected chi connectivity index (χ3v) is 3.51. The molecule has 0 fully saturated rings. The highest BCUT2D eigenvalue weighted by molar-refractivity contribution is 5.75. The van der Waals surface area contributed by atoms with E-state index in [0.717, 1.165) is 25.3 Å². The molecule has 0 spiro atoms. The van der Waals surface area contributed by atoms with Gasteiger partial charge in [-0.05, 0) is 25.1 Å². The van der Waals surface area contributed by atoms with Crippen molar-refractivity contribution in [3.63, 3.8) is 0 Å². The van der Waals surface area contributed by atoms with Crippen LogP contribution in [0.2, 0.25) is 0 Å². The summed E-state index contributed by atoms with van der Waals surface area (Å²) in [4.78, 5) is 4.60. The van der Waals surface area contributed by atoms with E-state index in [1.807, 2.05) is 6.07 Å². The summed E-state index contributed by atoms with van der Waals surface area (Å²) >= 11 is 0. The van der Waals surface area contributed by atoms with Crippen LogP contribution in [0.1, 0.15) is 6.42 Å². The molecule has 0 bridgehead atoms. The van der Waals surface area contributed by atoms with E-state index < -0.39 is 0 Å². The predicted octanol–water partition coefficient (Wildman–Crippen LogP) is 1.30. The molecule has 4 heteroatoms. The lowest BCUT2D eigenvalue weighted by molar-refractivity contribution is 0.414. The molecule has 0 aromatic heterocycles. The van der Waals surface area contributed by atoms with E-state index in [-0.39, 0.29) is 0 Å². The summed E-state index contributed by atoms with van der Waals surface area (Å²) in [6, 6.07) is 6.69. The summed E-state index contributed by atoms with van der Waals surface area (Å²) in [6.07, 6.45) is 1.01. The Hall–Kier alpha value is -1.42. The van der Waals surface area contributed by atoms with E-state index in [2.05, 4.69) is 36.0 Å². The molecule has 1 aromatic rings. The summed E-state index contributed by atoms with van der Waals surface area (Å²) < 4.78 is 5.29.